The van der Waals surface area contributed by atoms with Gasteiger partial charge in [-0.1, -0.05) is 0 Å². The minimum atomic E-state index is -1.53. The normalized spacial score (nSPS) is 38.4. The van der Waals surface area contributed by atoms with Crippen LogP contribution in [0.25, 0.3) is 0 Å². The molecule has 18 heavy (non-hydrogen) atoms. The van der Waals surface area contributed by atoms with E-state index in [-0.39, 0.29) is 6.42 Å². The Morgan fingerprint density at radius 2 is 1.89 bits per heavy atom. The van der Waals surface area contributed by atoms with Crippen molar-refractivity contribution in [3.63, 3.8) is 0 Å². The first-order chi connectivity index (χ1) is 8.36. The Bertz CT molecular complexity index is 281. The topological polar surface area (TPSA) is 137 Å². The van der Waals surface area contributed by atoms with E-state index in [2.05, 4.69) is 0 Å². The van der Waals surface area contributed by atoms with Crippen LogP contribution in [0, 0.1) is 0 Å². The largest absolute Gasteiger partial charge is 0.481 e. The molecule has 0 aromatic rings. The van der Waals surface area contributed by atoms with Crippen molar-refractivity contribution in [1.29, 1.82) is 0 Å². The summed E-state index contributed by atoms with van der Waals surface area (Å²) in [5, 5.41) is 46.1. The van der Waals surface area contributed by atoms with Crippen LogP contribution in [0.5, 0.6) is 0 Å². The minimum Gasteiger partial charge on any atom is -0.481 e. The Balaban J connectivity index is 2.61. The number of carboxylic acid groups (broad SMARTS) is 1. The summed E-state index contributed by atoms with van der Waals surface area (Å²) in [7, 11) is 0. The monoisotopic (exact) mass is 266 g/mol. The average Bonchev–Trinajstić information content (AvgIpc) is 2.29. The summed E-state index contributed by atoms with van der Waals surface area (Å²) in [5.74, 6) is -1.08. The first kappa shape index (κ1) is 15.3. The molecule has 8 nitrogen and oxygen atoms in total. The Morgan fingerprint density at radius 3 is 2.39 bits per heavy atom. The highest BCUT2D eigenvalue weighted by Gasteiger charge is 2.44. The first-order valence-corrected chi connectivity index (χ1v) is 5.54. The molecule has 106 valence electrons. The second-order valence-corrected chi connectivity index (χ2v) is 4.24. The fraction of sp³-hybridized carbons (Fsp3) is 0.900. The van der Waals surface area contributed by atoms with Crippen LogP contribution in [0.15, 0.2) is 0 Å². The molecule has 1 aliphatic rings. The lowest BCUT2D eigenvalue weighted by Gasteiger charge is -2.40. The van der Waals surface area contributed by atoms with Crippen LogP contribution >= 0.6 is 0 Å². The van der Waals surface area contributed by atoms with Gasteiger partial charge in [-0.25, -0.2) is 0 Å². The van der Waals surface area contributed by atoms with Crippen LogP contribution in [0.1, 0.15) is 13.3 Å². The van der Waals surface area contributed by atoms with E-state index in [1.54, 1.807) is 0 Å². The number of hydrogen-bond donors (Lipinski definition) is 5. The molecule has 0 bridgehead atoms. The Morgan fingerprint density at radius 1 is 1.28 bits per heavy atom. The van der Waals surface area contributed by atoms with Crippen molar-refractivity contribution in [2.75, 3.05) is 6.61 Å². The molecule has 0 saturated carbocycles. The molecular weight excluding hydrogens is 248 g/mol. The maximum Gasteiger partial charge on any atom is 0.305 e. The lowest BCUT2D eigenvalue weighted by molar-refractivity contribution is -0.310. The summed E-state index contributed by atoms with van der Waals surface area (Å²) in [6.07, 6.45) is -7.91. The van der Waals surface area contributed by atoms with E-state index >= 15 is 0 Å². The van der Waals surface area contributed by atoms with Gasteiger partial charge >= 0.3 is 5.97 Å². The van der Waals surface area contributed by atoms with Gasteiger partial charge in [0.1, 0.15) is 24.4 Å². The highest BCUT2D eigenvalue weighted by molar-refractivity contribution is 5.67. The van der Waals surface area contributed by atoms with Gasteiger partial charge in [0, 0.05) is 0 Å². The molecule has 0 aromatic heterocycles. The summed E-state index contributed by atoms with van der Waals surface area (Å²) in [6, 6.07) is 0. The van der Waals surface area contributed by atoms with E-state index < -0.39 is 49.4 Å². The number of aliphatic hydroxyl groups is 4. The minimum absolute atomic E-state index is 0.297. The number of carbonyl (C=O) groups is 1. The van der Waals surface area contributed by atoms with Crippen LogP contribution in [-0.2, 0) is 14.3 Å². The standard InChI is InChI=1S/C10H18O8/c1-4(2-6(12)13)17-10-9(16)8(15)7(14)5(3-11)18-10/h4-5,7-11,14-16H,2-3H2,1H3,(H,12,13)/t4-,5?,7-,8+,9?,10+/m1/s1. The highest BCUT2D eigenvalue weighted by atomic mass is 16.7. The molecule has 6 atom stereocenters. The van der Waals surface area contributed by atoms with Crippen molar-refractivity contribution in [1.82, 2.24) is 0 Å². The number of ether oxygens (including phenoxy) is 2. The molecular formula is C10H18O8. The van der Waals surface area contributed by atoms with E-state index in [4.69, 9.17) is 19.7 Å². The number of rotatable bonds is 5. The zero-order chi connectivity index (χ0) is 13.9. The van der Waals surface area contributed by atoms with Crippen molar-refractivity contribution >= 4 is 5.97 Å². The smallest absolute Gasteiger partial charge is 0.305 e. The summed E-state index contributed by atoms with van der Waals surface area (Å²) in [4.78, 5) is 10.5. The van der Waals surface area contributed by atoms with Crippen molar-refractivity contribution in [3.8, 4) is 0 Å². The van der Waals surface area contributed by atoms with Gasteiger partial charge in [-0.3, -0.25) is 4.79 Å². The van der Waals surface area contributed by atoms with Gasteiger partial charge in [0.05, 0.1) is 19.1 Å². The maximum absolute atomic E-state index is 10.5. The van der Waals surface area contributed by atoms with Gasteiger partial charge in [-0.2, -0.15) is 0 Å². The first-order valence-electron chi connectivity index (χ1n) is 5.54. The zero-order valence-corrected chi connectivity index (χ0v) is 9.84. The molecule has 1 fully saturated rings. The van der Waals surface area contributed by atoms with Crippen molar-refractivity contribution in [2.24, 2.45) is 0 Å². The molecule has 0 aromatic carbocycles. The predicted molar refractivity (Wildman–Crippen MR) is 56.6 cm³/mol. The fourth-order valence-corrected chi connectivity index (χ4v) is 1.70. The zero-order valence-electron chi connectivity index (χ0n) is 9.84. The van der Waals surface area contributed by atoms with Gasteiger partial charge in [-0.15, -0.1) is 0 Å². The molecule has 1 aliphatic heterocycles. The van der Waals surface area contributed by atoms with Gasteiger partial charge < -0.3 is 35.0 Å². The van der Waals surface area contributed by atoms with Gasteiger partial charge in [0.2, 0.25) is 0 Å². The molecule has 0 spiro atoms. The molecule has 0 amide bonds. The molecule has 1 heterocycles. The van der Waals surface area contributed by atoms with Crippen molar-refractivity contribution in [2.45, 2.75) is 50.2 Å². The average molecular weight is 266 g/mol. The van der Waals surface area contributed by atoms with Crippen LogP contribution in [0.3, 0.4) is 0 Å². The van der Waals surface area contributed by atoms with Crippen LogP contribution in [-0.4, -0.2) is 74.9 Å². The summed E-state index contributed by atoms with van der Waals surface area (Å²) < 4.78 is 10.2. The summed E-state index contributed by atoms with van der Waals surface area (Å²) in [6.45, 7) is 0.910. The Labute approximate surface area is 103 Å². The highest BCUT2D eigenvalue weighted by Crippen LogP contribution is 2.23. The van der Waals surface area contributed by atoms with Crippen LogP contribution in [0.2, 0.25) is 0 Å². The molecule has 0 radical (unpaired) electrons. The molecule has 0 aliphatic carbocycles. The third-order valence-electron chi connectivity index (χ3n) is 2.68. The third-order valence-corrected chi connectivity index (χ3v) is 2.68. The second kappa shape index (κ2) is 6.41. The molecule has 8 heteroatoms. The number of aliphatic hydroxyl groups excluding tert-OH is 4. The quantitative estimate of drug-likeness (QED) is 0.373. The molecule has 1 saturated heterocycles. The second-order valence-electron chi connectivity index (χ2n) is 4.24. The van der Waals surface area contributed by atoms with Gasteiger partial charge in [0.25, 0.3) is 0 Å². The predicted octanol–water partition coefficient (Wildman–Crippen LogP) is -2.33. The van der Waals surface area contributed by atoms with E-state index in [1.807, 2.05) is 0 Å². The summed E-state index contributed by atoms with van der Waals surface area (Å²) in [5.41, 5.74) is 0. The lowest BCUT2D eigenvalue weighted by Crippen LogP contribution is -2.59. The van der Waals surface area contributed by atoms with E-state index in [0.29, 0.717) is 0 Å². The Kier molecular flexibility index (Phi) is 5.45. The van der Waals surface area contributed by atoms with Crippen LogP contribution < -0.4 is 0 Å². The SMILES string of the molecule is C[C@H](CC(=O)O)O[C@H]1OC(CO)[C@@H](O)[C@H](O)C1O. The van der Waals surface area contributed by atoms with Crippen molar-refractivity contribution < 1.29 is 39.8 Å². The van der Waals surface area contributed by atoms with E-state index in [1.165, 1.54) is 6.92 Å². The molecule has 2 unspecified atom stereocenters. The fourth-order valence-electron chi connectivity index (χ4n) is 1.70. The maximum atomic E-state index is 10.5. The number of aliphatic carboxylic acids is 1. The Hall–Kier alpha value is -0.770. The van der Waals surface area contributed by atoms with E-state index in [0.717, 1.165) is 0 Å². The van der Waals surface area contributed by atoms with E-state index in [9.17, 15) is 20.1 Å². The third kappa shape index (κ3) is 3.61. The number of carboxylic acids is 1. The van der Waals surface area contributed by atoms with Gasteiger partial charge in [-0.05, 0) is 6.92 Å². The molecule has 1 rings (SSSR count). The number of hydrogen-bond acceptors (Lipinski definition) is 7. The molecule has 5 N–H and O–H groups in total. The lowest BCUT2D eigenvalue weighted by atomic mass is 9.99. The van der Waals surface area contributed by atoms with Crippen LogP contribution in [0.4, 0.5) is 0 Å². The van der Waals surface area contributed by atoms with Crippen molar-refractivity contribution in [3.05, 3.63) is 0 Å². The summed E-state index contributed by atoms with van der Waals surface area (Å²) >= 11 is 0. The van der Waals surface area contributed by atoms with Gasteiger partial charge in [0.15, 0.2) is 6.29 Å².